The minimum Gasteiger partial charge on any atom is -0.467 e. The van der Waals surface area contributed by atoms with Gasteiger partial charge in [0.2, 0.25) is 0 Å². The lowest BCUT2D eigenvalue weighted by molar-refractivity contribution is -0.879. The second kappa shape index (κ2) is 6.84. The second-order valence-electron chi connectivity index (χ2n) is 7.02. The largest absolute Gasteiger partial charge is 0.467 e. The maximum absolute atomic E-state index is 12.9. The number of aryl methyl sites for hydroxylation is 1. The molecule has 130 valence electrons. The van der Waals surface area contributed by atoms with Gasteiger partial charge in [-0.25, -0.2) is 5.01 Å². The van der Waals surface area contributed by atoms with Crippen molar-refractivity contribution >= 4 is 11.6 Å². The minimum atomic E-state index is -0.138. The molecule has 1 fully saturated rings. The smallest absolute Gasteiger partial charge is 0.298 e. The van der Waals surface area contributed by atoms with Gasteiger partial charge in [-0.3, -0.25) is 4.79 Å². The molecule has 2 aliphatic rings. The van der Waals surface area contributed by atoms with Crippen molar-refractivity contribution in [2.75, 3.05) is 19.6 Å². The van der Waals surface area contributed by atoms with Crippen molar-refractivity contribution in [3.63, 3.8) is 0 Å². The van der Waals surface area contributed by atoms with E-state index in [0.29, 0.717) is 13.0 Å². The number of carbonyl (C=O) groups is 1. The van der Waals surface area contributed by atoms with Crippen LogP contribution in [0.4, 0.5) is 0 Å². The van der Waals surface area contributed by atoms with Crippen LogP contribution in [0.1, 0.15) is 42.2 Å². The van der Waals surface area contributed by atoms with Gasteiger partial charge in [-0.2, -0.15) is 5.10 Å². The number of rotatable bonds is 4. The Bertz CT molecular complexity index is 759. The number of hydrogen-bond donors (Lipinski definition) is 1. The maximum atomic E-state index is 12.9. The van der Waals surface area contributed by atoms with E-state index >= 15 is 0 Å². The second-order valence-corrected chi connectivity index (χ2v) is 7.02. The minimum absolute atomic E-state index is 0.0837. The third kappa shape index (κ3) is 3.37. The molecule has 1 N–H and O–H groups in total. The fourth-order valence-electron chi connectivity index (χ4n) is 3.71. The molecule has 5 heteroatoms. The summed E-state index contributed by atoms with van der Waals surface area (Å²) in [6, 6.07) is 12.0. The van der Waals surface area contributed by atoms with Gasteiger partial charge in [-0.15, -0.1) is 0 Å². The Morgan fingerprint density at radius 2 is 2.00 bits per heavy atom. The lowest BCUT2D eigenvalue weighted by Gasteiger charge is -2.21. The van der Waals surface area contributed by atoms with Crippen molar-refractivity contribution in [1.29, 1.82) is 0 Å². The highest BCUT2D eigenvalue weighted by Crippen LogP contribution is 2.32. The van der Waals surface area contributed by atoms with E-state index in [-0.39, 0.29) is 11.9 Å². The summed E-state index contributed by atoms with van der Waals surface area (Å²) in [6.45, 7) is 4.75. The molecule has 0 spiro atoms. The van der Waals surface area contributed by atoms with Crippen LogP contribution in [0.2, 0.25) is 0 Å². The first-order valence-corrected chi connectivity index (χ1v) is 9.04. The van der Waals surface area contributed by atoms with Crippen LogP contribution < -0.4 is 4.90 Å². The molecule has 1 amide bonds. The summed E-state index contributed by atoms with van der Waals surface area (Å²) in [5.41, 5.74) is 3.24. The first kappa shape index (κ1) is 16.1. The lowest BCUT2D eigenvalue weighted by Crippen LogP contribution is -3.11. The molecule has 1 saturated heterocycles. The van der Waals surface area contributed by atoms with Crippen molar-refractivity contribution in [3.8, 4) is 0 Å². The Kier molecular flexibility index (Phi) is 4.40. The van der Waals surface area contributed by atoms with Crippen LogP contribution >= 0.6 is 0 Å². The summed E-state index contributed by atoms with van der Waals surface area (Å²) in [7, 11) is 0. The molecule has 2 aliphatic heterocycles. The van der Waals surface area contributed by atoms with Gasteiger partial charge in [-0.05, 0) is 24.6 Å². The van der Waals surface area contributed by atoms with Crippen LogP contribution in [0.3, 0.4) is 0 Å². The van der Waals surface area contributed by atoms with Crippen LogP contribution in [-0.4, -0.2) is 36.3 Å². The third-order valence-electron chi connectivity index (χ3n) is 5.13. The summed E-state index contributed by atoms with van der Waals surface area (Å²) >= 11 is 0. The number of amides is 1. The first-order valence-electron chi connectivity index (χ1n) is 9.04. The average molecular weight is 338 g/mol. The SMILES string of the molecule is Cc1ccc(C2=NN(C(=O)C[NH+]3CCCC3)[C@@H](c3ccco3)C2)cc1. The monoisotopic (exact) mass is 338 g/mol. The first-order chi connectivity index (χ1) is 12.2. The van der Waals surface area contributed by atoms with Crippen LogP contribution in [0.15, 0.2) is 52.2 Å². The Balaban J connectivity index is 1.59. The summed E-state index contributed by atoms with van der Waals surface area (Å²) in [5.74, 6) is 0.885. The Hall–Kier alpha value is -2.40. The molecule has 1 aromatic carbocycles. The number of furan rings is 1. The number of nitrogens with zero attached hydrogens (tertiary/aromatic N) is 2. The number of hydrogen-bond acceptors (Lipinski definition) is 3. The number of benzene rings is 1. The van der Waals surface area contributed by atoms with Crippen molar-refractivity contribution in [1.82, 2.24) is 5.01 Å². The van der Waals surface area contributed by atoms with Crippen LogP contribution in [0, 0.1) is 6.92 Å². The molecule has 5 nitrogen and oxygen atoms in total. The highest BCUT2D eigenvalue weighted by molar-refractivity contribution is 6.03. The number of nitrogens with one attached hydrogen (secondary N) is 1. The van der Waals surface area contributed by atoms with Crippen LogP contribution in [0.5, 0.6) is 0 Å². The van der Waals surface area contributed by atoms with Gasteiger partial charge >= 0.3 is 0 Å². The highest BCUT2D eigenvalue weighted by Gasteiger charge is 2.36. The van der Waals surface area contributed by atoms with Gasteiger partial charge in [0, 0.05) is 19.3 Å². The van der Waals surface area contributed by atoms with Gasteiger partial charge in [0.05, 0.1) is 25.1 Å². The van der Waals surface area contributed by atoms with E-state index in [2.05, 4.69) is 31.2 Å². The molecule has 1 aromatic heterocycles. The highest BCUT2D eigenvalue weighted by atomic mass is 16.3. The number of hydrazone groups is 1. The van der Waals surface area contributed by atoms with Crippen LogP contribution in [-0.2, 0) is 4.79 Å². The van der Waals surface area contributed by atoms with Gasteiger partial charge in [0.15, 0.2) is 6.54 Å². The molecule has 4 rings (SSSR count). The molecule has 0 aliphatic carbocycles. The fourth-order valence-corrected chi connectivity index (χ4v) is 3.71. The van der Waals surface area contributed by atoms with Crippen molar-refractivity contribution in [3.05, 3.63) is 59.5 Å². The molecule has 0 saturated carbocycles. The zero-order chi connectivity index (χ0) is 17.2. The topological polar surface area (TPSA) is 50.2 Å². The third-order valence-corrected chi connectivity index (χ3v) is 5.13. The fraction of sp³-hybridized carbons (Fsp3) is 0.400. The van der Waals surface area contributed by atoms with Gasteiger partial charge in [-0.1, -0.05) is 29.8 Å². The van der Waals surface area contributed by atoms with E-state index in [9.17, 15) is 4.79 Å². The summed E-state index contributed by atoms with van der Waals surface area (Å²) in [5, 5.41) is 6.35. The molecule has 25 heavy (non-hydrogen) atoms. The van der Waals surface area contributed by atoms with Crippen molar-refractivity contribution in [2.45, 2.75) is 32.2 Å². The predicted octanol–water partition coefficient (Wildman–Crippen LogP) is 1.94. The van der Waals surface area contributed by atoms with Crippen molar-refractivity contribution in [2.24, 2.45) is 5.10 Å². The molecule has 2 aromatic rings. The van der Waals surface area contributed by atoms with E-state index < -0.39 is 0 Å². The quantitative estimate of drug-likeness (QED) is 0.926. The van der Waals surface area contributed by atoms with Crippen LogP contribution in [0.25, 0.3) is 0 Å². The van der Waals surface area contributed by atoms with Gasteiger partial charge < -0.3 is 9.32 Å². The molecular weight excluding hydrogens is 314 g/mol. The Labute approximate surface area is 147 Å². The van der Waals surface area contributed by atoms with E-state index in [0.717, 1.165) is 30.1 Å². The summed E-state index contributed by atoms with van der Waals surface area (Å²) in [6.07, 6.45) is 4.77. The van der Waals surface area contributed by atoms with E-state index in [4.69, 9.17) is 9.52 Å². The Morgan fingerprint density at radius 3 is 2.68 bits per heavy atom. The Morgan fingerprint density at radius 1 is 1.24 bits per heavy atom. The zero-order valence-corrected chi connectivity index (χ0v) is 14.6. The van der Waals surface area contributed by atoms with E-state index in [1.165, 1.54) is 23.3 Å². The molecule has 0 bridgehead atoms. The molecule has 3 heterocycles. The van der Waals surface area contributed by atoms with E-state index in [1.54, 1.807) is 11.3 Å². The zero-order valence-electron chi connectivity index (χ0n) is 14.6. The lowest BCUT2D eigenvalue weighted by atomic mass is 10.0. The number of carbonyl (C=O) groups excluding carboxylic acids is 1. The maximum Gasteiger partial charge on any atom is 0.298 e. The number of quaternary nitrogens is 1. The van der Waals surface area contributed by atoms with Crippen molar-refractivity contribution < 1.29 is 14.1 Å². The standard InChI is InChI=1S/C20H23N3O2/c1-15-6-8-16(9-7-15)17-13-18(19-5-4-12-25-19)23(21-17)20(24)14-22-10-2-3-11-22/h4-9,12,18H,2-3,10-11,13-14H2,1H3/p+1/t18-/m1/s1. The van der Waals surface area contributed by atoms with E-state index in [1.807, 2.05) is 12.1 Å². The molecule has 1 atom stereocenters. The normalized spacial score (nSPS) is 20.9. The predicted molar refractivity (Wildman–Crippen MR) is 95.4 cm³/mol. The molecule has 0 radical (unpaired) electrons. The molecule has 0 unspecified atom stereocenters. The molecular formula is C20H24N3O2+. The summed E-state index contributed by atoms with van der Waals surface area (Å²) in [4.78, 5) is 14.3. The average Bonchev–Trinajstić information content (AvgIpc) is 3.36. The number of likely N-dealkylation sites (tertiary alicyclic amines) is 1. The summed E-state index contributed by atoms with van der Waals surface area (Å²) < 4.78 is 5.60. The van der Waals surface area contributed by atoms with Gasteiger partial charge in [0.1, 0.15) is 11.8 Å². The van der Waals surface area contributed by atoms with Gasteiger partial charge in [0.25, 0.3) is 5.91 Å².